The second-order valence-corrected chi connectivity index (χ2v) is 5.49. The smallest absolute Gasteiger partial charge is 0.136 e. The van der Waals surface area contributed by atoms with Crippen LogP contribution >= 0.6 is 0 Å². The van der Waals surface area contributed by atoms with Crippen LogP contribution in [0.4, 0.5) is 0 Å². The average Bonchev–Trinajstić information content (AvgIpc) is 3.05. The molecule has 2 aliphatic rings. The van der Waals surface area contributed by atoms with Crippen molar-refractivity contribution in [3.05, 3.63) is 29.3 Å². The van der Waals surface area contributed by atoms with Gasteiger partial charge in [-0.25, -0.2) is 0 Å². The largest absolute Gasteiger partial charge is 0.493 e. The van der Waals surface area contributed by atoms with Crippen LogP contribution in [0.1, 0.15) is 43.2 Å². The van der Waals surface area contributed by atoms with E-state index in [1.165, 1.54) is 24.0 Å². The monoisotopic (exact) mass is 244 g/mol. The molecule has 2 nitrogen and oxygen atoms in total. The SMILES string of the molecule is O=C(CCc1ccc2c(c1)CCO2)C1CCCC1. The fourth-order valence-electron chi connectivity index (χ4n) is 3.11. The molecule has 1 heterocycles. The highest BCUT2D eigenvalue weighted by molar-refractivity contribution is 5.81. The maximum Gasteiger partial charge on any atom is 0.136 e. The summed E-state index contributed by atoms with van der Waals surface area (Å²) in [4.78, 5) is 12.0. The summed E-state index contributed by atoms with van der Waals surface area (Å²) in [5.41, 5.74) is 2.59. The summed E-state index contributed by atoms with van der Waals surface area (Å²) in [5.74, 6) is 1.87. The minimum absolute atomic E-state index is 0.364. The first-order valence-corrected chi connectivity index (χ1v) is 7.10. The molecule has 0 saturated heterocycles. The lowest BCUT2D eigenvalue weighted by Gasteiger charge is -2.08. The van der Waals surface area contributed by atoms with Crippen molar-refractivity contribution in [3.8, 4) is 5.75 Å². The molecule has 0 unspecified atom stereocenters. The molecule has 1 aliphatic carbocycles. The molecule has 0 aromatic heterocycles. The Morgan fingerprint density at radius 1 is 1.28 bits per heavy atom. The second kappa shape index (κ2) is 5.13. The number of ketones is 1. The summed E-state index contributed by atoms with van der Waals surface area (Å²) in [5, 5.41) is 0. The normalized spacial score (nSPS) is 18.7. The van der Waals surface area contributed by atoms with Gasteiger partial charge in [-0.3, -0.25) is 4.79 Å². The quantitative estimate of drug-likeness (QED) is 0.812. The van der Waals surface area contributed by atoms with Crippen LogP contribution in [0.25, 0.3) is 0 Å². The Bertz CT molecular complexity index is 444. The van der Waals surface area contributed by atoms with E-state index in [-0.39, 0.29) is 0 Å². The van der Waals surface area contributed by atoms with Crippen molar-refractivity contribution in [2.75, 3.05) is 6.61 Å². The Hall–Kier alpha value is -1.31. The Morgan fingerprint density at radius 2 is 2.11 bits per heavy atom. The summed E-state index contributed by atoms with van der Waals surface area (Å²) in [7, 11) is 0. The van der Waals surface area contributed by atoms with Crippen LogP contribution in [0, 0.1) is 5.92 Å². The van der Waals surface area contributed by atoms with Crippen molar-refractivity contribution in [2.24, 2.45) is 5.92 Å². The lowest BCUT2D eigenvalue weighted by Crippen LogP contribution is -2.11. The van der Waals surface area contributed by atoms with E-state index in [0.29, 0.717) is 18.1 Å². The Balaban J connectivity index is 1.58. The zero-order chi connectivity index (χ0) is 12.4. The van der Waals surface area contributed by atoms with Gasteiger partial charge in [0.05, 0.1) is 6.61 Å². The van der Waals surface area contributed by atoms with Crippen molar-refractivity contribution in [3.63, 3.8) is 0 Å². The highest BCUT2D eigenvalue weighted by atomic mass is 16.5. The van der Waals surface area contributed by atoms with Gasteiger partial charge in [0.1, 0.15) is 11.5 Å². The molecule has 18 heavy (non-hydrogen) atoms. The number of carbonyl (C=O) groups excluding carboxylic acids is 1. The number of Topliss-reactive ketones (excluding diaryl/α,β-unsaturated/α-hetero) is 1. The second-order valence-electron chi connectivity index (χ2n) is 5.49. The molecule has 0 amide bonds. The maximum absolute atomic E-state index is 12.0. The number of benzene rings is 1. The van der Waals surface area contributed by atoms with Crippen LogP contribution in [-0.4, -0.2) is 12.4 Å². The van der Waals surface area contributed by atoms with Gasteiger partial charge in [-0.2, -0.15) is 0 Å². The van der Waals surface area contributed by atoms with Gasteiger partial charge in [-0.15, -0.1) is 0 Å². The zero-order valence-electron chi connectivity index (χ0n) is 10.8. The van der Waals surface area contributed by atoms with E-state index in [4.69, 9.17) is 4.74 Å². The molecule has 0 bridgehead atoms. The summed E-state index contributed by atoms with van der Waals surface area (Å²) < 4.78 is 5.49. The summed E-state index contributed by atoms with van der Waals surface area (Å²) in [6.07, 6.45) is 7.35. The van der Waals surface area contributed by atoms with E-state index in [1.807, 2.05) is 0 Å². The number of aryl methyl sites for hydroxylation is 1. The van der Waals surface area contributed by atoms with E-state index in [0.717, 1.165) is 38.0 Å². The van der Waals surface area contributed by atoms with E-state index in [1.54, 1.807) is 0 Å². The lowest BCUT2D eigenvalue weighted by atomic mass is 9.96. The summed E-state index contributed by atoms with van der Waals surface area (Å²) >= 11 is 0. The number of fused-ring (bicyclic) bond motifs is 1. The molecule has 3 rings (SSSR count). The number of ether oxygens (including phenoxy) is 1. The highest BCUT2D eigenvalue weighted by Gasteiger charge is 2.22. The first-order chi connectivity index (χ1) is 8.83. The Kier molecular flexibility index (Phi) is 3.35. The van der Waals surface area contributed by atoms with Crippen molar-refractivity contribution >= 4 is 5.78 Å². The Labute approximate surface area is 108 Å². The van der Waals surface area contributed by atoms with Crippen LogP contribution in [0.3, 0.4) is 0 Å². The van der Waals surface area contributed by atoms with Crippen molar-refractivity contribution in [1.82, 2.24) is 0 Å². The fourth-order valence-corrected chi connectivity index (χ4v) is 3.11. The molecule has 2 heteroatoms. The molecule has 1 aliphatic heterocycles. The van der Waals surface area contributed by atoms with Gasteiger partial charge in [-0.05, 0) is 36.5 Å². The van der Waals surface area contributed by atoms with Crippen molar-refractivity contribution in [2.45, 2.75) is 44.9 Å². The third-order valence-electron chi connectivity index (χ3n) is 4.22. The number of rotatable bonds is 4. The van der Waals surface area contributed by atoms with Crippen LogP contribution in [-0.2, 0) is 17.6 Å². The standard InChI is InChI=1S/C16H20O2/c17-15(13-3-1-2-4-13)7-5-12-6-8-16-14(11-12)9-10-18-16/h6,8,11,13H,1-5,7,9-10H2. The van der Waals surface area contributed by atoms with Gasteiger partial charge in [-0.1, -0.05) is 25.0 Å². The fraction of sp³-hybridized carbons (Fsp3) is 0.562. The van der Waals surface area contributed by atoms with Crippen LogP contribution in [0.5, 0.6) is 5.75 Å². The number of carbonyl (C=O) groups is 1. The Morgan fingerprint density at radius 3 is 2.94 bits per heavy atom. The van der Waals surface area contributed by atoms with Gasteiger partial charge >= 0.3 is 0 Å². The van der Waals surface area contributed by atoms with E-state index in [9.17, 15) is 4.79 Å². The zero-order valence-corrected chi connectivity index (χ0v) is 10.8. The lowest BCUT2D eigenvalue weighted by molar-refractivity contribution is -0.122. The predicted molar refractivity (Wildman–Crippen MR) is 70.9 cm³/mol. The summed E-state index contributed by atoms with van der Waals surface area (Å²) in [6.45, 7) is 0.805. The number of hydrogen-bond donors (Lipinski definition) is 0. The first kappa shape index (κ1) is 11.8. The molecule has 0 radical (unpaired) electrons. The third kappa shape index (κ3) is 2.43. The molecule has 96 valence electrons. The first-order valence-electron chi connectivity index (χ1n) is 7.10. The van der Waals surface area contributed by atoms with Crippen molar-refractivity contribution < 1.29 is 9.53 Å². The van der Waals surface area contributed by atoms with Gasteiger partial charge in [0.25, 0.3) is 0 Å². The molecular formula is C16H20O2. The van der Waals surface area contributed by atoms with E-state index >= 15 is 0 Å². The molecule has 1 aromatic rings. The minimum atomic E-state index is 0.364. The van der Waals surface area contributed by atoms with E-state index < -0.39 is 0 Å². The average molecular weight is 244 g/mol. The van der Waals surface area contributed by atoms with Gasteiger partial charge in [0.15, 0.2) is 0 Å². The van der Waals surface area contributed by atoms with E-state index in [2.05, 4.69) is 18.2 Å². The molecule has 0 spiro atoms. The van der Waals surface area contributed by atoms with Crippen LogP contribution in [0.2, 0.25) is 0 Å². The maximum atomic E-state index is 12.0. The molecule has 1 aromatic carbocycles. The molecule has 0 N–H and O–H groups in total. The third-order valence-corrected chi connectivity index (χ3v) is 4.22. The van der Waals surface area contributed by atoms with Gasteiger partial charge in [0.2, 0.25) is 0 Å². The molecule has 1 saturated carbocycles. The summed E-state index contributed by atoms with van der Waals surface area (Å²) in [6, 6.07) is 6.37. The van der Waals surface area contributed by atoms with Crippen LogP contribution in [0.15, 0.2) is 18.2 Å². The molecule has 1 fully saturated rings. The molecular weight excluding hydrogens is 224 g/mol. The minimum Gasteiger partial charge on any atom is -0.493 e. The molecule has 0 atom stereocenters. The predicted octanol–water partition coefficient (Wildman–Crippen LogP) is 3.31. The van der Waals surface area contributed by atoms with Crippen molar-refractivity contribution in [1.29, 1.82) is 0 Å². The topological polar surface area (TPSA) is 26.3 Å². The highest BCUT2D eigenvalue weighted by Crippen LogP contribution is 2.28. The van der Waals surface area contributed by atoms with Gasteiger partial charge < -0.3 is 4.74 Å². The van der Waals surface area contributed by atoms with Crippen LogP contribution < -0.4 is 4.74 Å². The van der Waals surface area contributed by atoms with Gasteiger partial charge in [0, 0.05) is 18.8 Å². The number of hydrogen-bond acceptors (Lipinski definition) is 2.